The summed E-state index contributed by atoms with van der Waals surface area (Å²) in [6.45, 7) is 3.89. The standard InChI is InChI=1S/C25H28N4O2/c1-19-6-8-20(9-7-19)10-14-27-24(30)21-11-16-28(17-12-21)25(31)23-5-3-15-29(23)22-4-2-13-26-18-22/h2-9,13,15,18,21H,10-12,14,16-17H2,1H3,(H,27,30). The fourth-order valence-electron chi connectivity index (χ4n) is 4.01. The summed E-state index contributed by atoms with van der Waals surface area (Å²) < 4.78 is 1.86. The Bertz CT molecular complexity index is 1020. The second-order valence-corrected chi connectivity index (χ2v) is 8.07. The Morgan fingerprint density at radius 3 is 2.55 bits per heavy atom. The van der Waals surface area contributed by atoms with Gasteiger partial charge in [0.1, 0.15) is 5.69 Å². The zero-order chi connectivity index (χ0) is 21.6. The van der Waals surface area contributed by atoms with Crippen LogP contribution in [0.3, 0.4) is 0 Å². The maximum absolute atomic E-state index is 13.1. The lowest BCUT2D eigenvalue weighted by Gasteiger charge is -2.31. The van der Waals surface area contributed by atoms with Gasteiger partial charge in [0.15, 0.2) is 0 Å². The summed E-state index contributed by atoms with van der Waals surface area (Å²) in [5.41, 5.74) is 3.94. The van der Waals surface area contributed by atoms with Crippen LogP contribution in [-0.4, -0.2) is 45.9 Å². The van der Waals surface area contributed by atoms with E-state index in [2.05, 4.69) is 41.5 Å². The van der Waals surface area contributed by atoms with Gasteiger partial charge in [0, 0.05) is 37.9 Å². The lowest BCUT2D eigenvalue weighted by molar-refractivity contribution is -0.126. The van der Waals surface area contributed by atoms with Crippen molar-refractivity contribution in [3.05, 3.63) is 83.9 Å². The summed E-state index contributed by atoms with van der Waals surface area (Å²) in [4.78, 5) is 31.6. The first-order valence-corrected chi connectivity index (χ1v) is 10.8. The smallest absolute Gasteiger partial charge is 0.270 e. The number of pyridine rings is 1. The molecule has 0 saturated carbocycles. The van der Waals surface area contributed by atoms with Crippen LogP contribution in [0.1, 0.15) is 34.5 Å². The number of nitrogens with zero attached hydrogens (tertiary/aromatic N) is 3. The molecule has 0 spiro atoms. The highest BCUT2D eigenvalue weighted by atomic mass is 16.2. The molecule has 1 N–H and O–H groups in total. The number of aromatic nitrogens is 2. The van der Waals surface area contributed by atoms with Crippen molar-refractivity contribution in [1.82, 2.24) is 19.8 Å². The quantitative estimate of drug-likeness (QED) is 0.670. The molecule has 3 heterocycles. The Morgan fingerprint density at radius 2 is 1.84 bits per heavy atom. The second-order valence-electron chi connectivity index (χ2n) is 8.07. The molecule has 0 atom stereocenters. The summed E-state index contributed by atoms with van der Waals surface area (Å²) in [5, 5.41) is 3.06. The Morgan fingerprint density at radius 1 is 1.06 bits per heavy atom. The first-order chi connectivity index (χ1) is 15.1. The molecule has 0 aliphatic carbocycles. The van der Waals surface area contributed by atoms with Crippen molar-refractivity contribution in [2.75, 3.05) is 19.6 Å². The van der Waals surface area contributed by atoms with Gasteiger partial charge in [-0.05, 0) is 56.0 Å². The molecule has 1 saturated heterocycles. The van der Waals surface area contributed by atoms with E-state index in [1.807, 2.05) is 39.9 Å². The van der Waals surface area contributed by atoms with E-state index in [-0.39, 0.29) is 17.7 Å². The van der Waals surface area contributed by atoms with Crippen molar-refractivity contribution in [3.63, 3.8) is 0 Å². The van der Waals surface area contributed by atoms with E-state index >= 15 is 0 Å². The molecule has 3 aromatic rings. The number of hydrogen-bond acceptors (Lipinski definition) is 3. The van der Waals surface area contributed by atoms with Crippen LogP contribution in [-0.2, 0) is 11.2 Å². The second kappa shape index (κ2) is 9.60. The minimum atomic E-state index is -0.0350. The molecule has 1 aliphatic heterocycles. The van der Waals surface area contributed by atoms with E-state index in [1.165, 1.54) is 11.1 Å². The molecule has 31 heavy (non-hydrogen) atoms. The molecule has 1 aliphatic rings. The molecular formula is C25H28N4O2. The summed E-state index contributed by atoms with van der Waals surface area (Å²) >= 11 is 0. The number of likely N-dealkylation sites (tertiary alicyclic amines) is 1. The number of nitrogens with one attached hydrogen (secondary N) is 1. The first-order valence-electron chi connectivity index (χ1n) is 10.8. The van der Waals surface area contributed by atoms with Gasteiger partial charge in [-0.2, -0.15) is 0 Å². The number of piperidine rings is 1. The van der Waals surface area contributed by atoms with Crippen molar-refractivity contribution in [3.8, 4) is 5.69 Å². The lowest BCUT2D eigenvalue weighted by atomic mass is 9.95. The molecule has 0 radical (unpaired) electrons. The average molecular weight is 417 g/mol. The normalized spacial score (nSPS) is 14.4. The molecule has 6 heteroatoms. The third kappa shape index (κ3) is 5.02. The molecule has 2 aromatic heterocycles. The predicted octanol–water partition coefficient (Wildman–Crippen LogP) is 3.39. The minimum absolute atomic E-state index is 0.00733. The number of amides is 2. The van der Waals surface area contributed by atoms with Gasteiger partial charge in [-0.15, -0.1) is 0 Å². The van der Waals surface area contributed by atoms with E-state index < -0.39 is 0 Å². The van der Waals surface area contributed by atoms with Gasteiger partial charge in [0.05, 0.1) is 11.9 Å². The summed E-state index contributed by atoms with van der Waals surface area (Å²) in [6, 6.07) is 15.9. The van der Waals surface area contributed by atoms with Gasteiger partial charge in [-0.3, -0.25) is 14.6 Å². The molecule has 4 rings (SSSR count). The topological polar surface area (TPSA) is 67.2 Å². The van der Waals surface area contributed by atoms with E-state index in [1.54, 1.807) is 12.4 Å². The summed E-state index contributed by atoms with van der Waals surface area (Å²) in [5.74, 6) is 0.0530. The lowest BCUT2D eigenvalue weighted by Crippen LogP contribution is -2.43. The SMILES string of the molecule is Cc1ccc(CCNC(=O)C2CCN(C(=O)c3cccn3-c3cccnc3)CC2)cc1. The van der Waals surface area contributed by atoms with E-state index in [0.29, 0.717) is 38.2 Å². The van der Waals surface area contributed by atoms with Gasteiger partial charge in [-0.1, -0.05) is 29.8 Å². The highest BCUT2D eigenvalue weighted by molar-refractivity contribution is 5.93. The van der Waals surface area contributed by atoms with Crippen LogP contribution < -0.4 is 5.32 Å². The molecule has 0 bridgehead atoms. The van der Waals surface area contributed by atoms with Crippen LogP contribution in [0.25, 0.3) is 5.69 Å². The fourth-order valence-corrected chi connectivity index (χ4v) is 4.01. The summed E-state index contributed by atoms with van der Waals surface area (Å²) in [6.07, 6.45) is 7.54. The Kier molecular flexibility index (Phi) is 6.46. The fraction of sp³-hybridized carbons (Fsp3) is 0.320. The molecule has 160 valence electrons. The monoisotopic (exact) mass is 416 g/mol. The van der Waals surface area contributed by atoms with E-state index in [4.69, 9.17) is 0 Å². The predicted molar refractivity (Wildman–Crippen MR) is 120 cm³/mol. The Hall–Kier alpha value is -3.41. The number of hydrogen-bond donors (Lipinski definition) is 1. The third-order valence-corrected chi connectivity index (χ3v) is 5.88. The largest absolute Gasteiger partial charge is 0.356 e. The molecule has 1 aromatic carbocycles. The van der Waals surface area contributed by atoms with Crippen molar-refractivity contribution < 1.29 is 9.59 Å². The molecule has 1 fully saturated rings. The maximum Gasteiger partial charge on any atom is 0.270 e. The maximum atomic E-state index is 13.1. The average Bonchev–Trinajstić information content (AvgIpc) is 3.30. The van der Waals surface area contributed by atoms with Crippen LogP contribution in [0.2, 0.25) is 0 Å². The van der Waals surface area contributed by atoms with Crippen molar-refractivity contribution >= 4 is 11.8 Å². The van der Waals surface area contributed by atoms with Crippen LogP contribution in [0.5, 0.6) is 0 Å². The number of carbonyl (C=O) groups is 2. The van der Waals surface area contributed by atoms with Gasteiger partial charge < -0.3 is 14.8 Å². The van der Waals surface area contributed by atoms with Crippen molar-refractivity contribution in [2.24, 2.45) is 5.92 Å². The van der Waals surface area contributed by atoms with Gasteiger partial charge in [-0.25, -0.2) is 0 Å². The minimum Gasteiger partial charge on any atom is -0.356 e. The number of benzene rings is 1. The molecular weight excluding hydrogens is 388 g/mol. The highest BCUT2D eigenvalue weighted by Gasteiger charge is 2.28. The molecule has 6 nitrogen and oxygen atoms in total. The van der Waals surface area contributed by atoms with Gasteiger partial charge in [0.2, 0.25) is 5.91 Å². The van der Waals surface area contributed by atoms with Gasteiger partial charge >= 0.3 is 0 Å². The number of aryl methyl sites for hydroxylation is 1. The third-order valence-electron chi connectivity index (χ3n) is 5.88. The molecule has 0 unspecified atom stereocenters. The summed E-state index contributed by atoms with van der Waals surface area (Å²) in [7, 11) is 0. The highest BCUT2D eigenvalue weighted by Crippen LogP contribution is 2.21. The van der Waals surface area contributed by atoms with Crippen LogP contribution in [0.4, 0.5) is 0 Å². The number of rotatable bonds is 6. The zero-order valence-corrected chi connectivity index (χ0v) is 17.8. The molecule has 2 amide bonds. The van der Waals surface area contributed by atoms with E-state index in [9.17, 15) is 9.59 Å². The van der Waals surface area contributed by atoms with Crippen LogP contribution in [0.15, 0.2) is 67.1 Å². The van der Waals surface area contributed by atoms with E-state index in [0.717, 1.165) is 12.1 Å². The number of carbonyl (C=O) groups excluding carboxylic acids is 2. The first kappa shape index (κ1) is 20.8. The van der Waals surface area contributed by atoms with Crippen molar-refractivity contribution in [2.45, 2.75) is 26.2 Å². The van der Waals surface area contributed by atoms with Crippen molar-refractivity contribution in [1.29, 1.82) is 0 Å². The van der Waals surface area contributed by atoms with Crippen LogP contribution >= 0.6 is 0 Å². The van der Waals surface area contributed by atoms with Crippen LogP contribution in [0, 0.1) is 12.8 Å². The Labute approximate surface area is 182 Å². The van der Waals surface area contributed by atoms with Gasteiger partial charge in [0.25, 0.3) is 5.91 Å². The zero-order valence-electron chi connectivity index (χ0n) is 17.8. The Balaban J connectivity index is 1.28.